The molecule has 110 valence electrons. The minimum absolute atomic E-state index is 0.278. The highest BCUT2D eigenvalue weighted by atomic mass is 79.9. The Labute approximate surface area is 139 Å². The van der Waals surface area contributed by atoms with Crippen molar-refractivity contribution in [2.75, 3.05) is 19.2 Å². The smallest absolute Gasteiger partial charge is 0.231 e. The zero-order valence-electron chi connectivity index (χ0n) is 11.3. The van der Waals surface area contributed by atoms with E-state index in [1.54, 1.807) is 7.11 Å². The molecule has 0 unspecified atom stereocenters. The summed E-state index contributed by atoms with van der Waals surface area (Å²) in [7, 11) is 1.65. The standard InChI is InChI=1S/C15H13Br2NO3/c1-19-10-2-3-11(16)13(5-10)18-7-9-4-14-15(6-12(9)17)21-8-20-14/h2-6,18H,7-8H2,1H3. The van der Waals surface area contributed by atoms with Gasteiger partial charge >= 0.3 is 0 Å². The van der Waals surface area contributed by atoms with E-state index in [4.69, 9.17) is 14.2 Å². The largest absolute Gasteiger partial charge is 0.497 e. The van der Waals surface area contributed by atoms with Crippen molar-refractivity contribution in [1.82, 2.24) is 0 Å². The summed E-state index contributed by atoms with van der Waals surface area (Å²) in [5, 5.41) is 3.38. The second-order valence-corrected chi connectivity index (χ2v) is 6.20. The zero-order chi connectivity index (χ0) is 14.8. The van der Waals surface area contributed by atoms with Gasteiger partial charge in [0.25, 0.3) is 0 Å². The van der Waals surface area contributed by atoms with Gasteiger partial charge in [-0.1, -0.05) is 15.9 Å². The Morgan fingerprint density at radius 2 is 1.86 bits per heavy atom. The second kappa shape index (κ2) is 6.15. The third-order valence-electron chi connectivity index (χ3n) is 3.18. The molecule has 2 aromatic carbocycles. The van der Waals surface area contributed by atoms with Crippen molar-refractivity contribution >= 4 is 37.5 Å². The SMILES string of the molecule is COc1ccc(Br)c(NCc2cc3c(cc2Br)OCO3)c1. The molecular formula is C15H13Br2NO3. The first-order chi connectivity index (χ1) is 10.2. The molecule has 0 saturated carbocycles. The van der Waals surface area contributed by atoms with Crippen LogP contribution in [-0.4, -0.2) is 13.9 Å². The number of benzene rings is 2. The molecule has 4 nitrogen and oxygen atoms in total. The summed E-state index contributed by atoms with van der Waals surface area (Å²) in [5.74, 6) is 2.36. The Balaban J connectivity index is 1.79. The first kappa shape index (κ1) is 14.5. The van der Waals surface area contributed by atoms with Crippen LogP contribution in [0.2, 0.25) is 0 Å². The third kappa shape index (κ3) is 3.11. The van der Waals surface area contributed by atoms with Gasteiger partial charge < -0.3 is 19.5 Å². The van der Waals surface area contributed by atoms with Crippen LogP contribution in [0.5, 0.6) is 17.2 Å². The van der Waals surface area contributed by atoms with E-state index in [1.165, 1.54) is 0 Å². The number of anilines is 1. The van der Waals surface area contributed by atoms with Crippen LogP contribution < -0.4 is 19.5 Å². The first-order valence-electron chi connectivity index (χ1n) is 6.33. The van der Waals surface area contributed by atoms with E-state index in [-0.39, 0.29) is 6.79 Å². The molecule has 1 heterocycles. The van der Waals surface area contributed by atoms with Gasteiger partial charge in [-0.05, 0) is 45.8 Å². The second-order valence-electron chi connectivity index (χ2n) is 4.50. The molecule has 1 aliphatic rings. The van der Waals surface area contributed by atoms with Gasteiger partial charge in [-0.15, -0.1) is 0 Å². The lowest BCUT2D eigenvalue weighted by molar-refractivity contribution is 0.174. The van der Waals surface area contributed by atoms with Gasteiger partial charge in [0, 0.05) is 21.6 Å². The number of methoxy groups -OCH3 is 1. The van der Waals surface area contributed by atoms with E-state index in [1.807, 2.05) is 30.3 Å². The lowest BCUT2D eigenvalue weighted by Gasteiger charge is -2.12. The highest BCUT2D eigenvalue weighted by molar-refractivity contribution is 9.11. The molecule has 0 aromatic heterocycles. The topological polar surface area (TPSA) is 39.7 Å². The van der Waals surface area contributed by atoms with Crippen molar-refractivity contribution in [3.63, 3.8) is 0 Å². The van der Waals surface area contributed by atoms with Crippen molar-refractivity contribution < 1.29 is 14.2 Å². The molecule has 0 atom stereocenters. The number of nitrogens with one attached hydrogen (secondary N) is 1. The number of ether oxygens (including phenoxy) is 3. The normalized spacial score (nSPS) is 12.3. The molecule has 0 saturated heterocycles. The van der Waals surface area contributed by atoms with Crippen LogP contribution in [0.1, 0.15) is 5.56 Å². The minimum atomic E-state index is 0.278. The van der Waals surface area contributed by atoms with Crippen molar-refractivity contribution in [3.8, 4) is 17.2 Å². The summed E-state index contributed by atoms with van der Waals surface area (Å²) in [5.41, 5.74) is 2.06. The quantitative estimate of drug-likeness (QED) is 0.795. The Hall–Kier alpha value is -1.40. The van der Waals surface area contributed by atoms with Crippen molar-refractivity contribution in [3.05, 3.63) is 44.8 Å². The van der Waals surface area contributed by atoms with Gasteiger partial charge in [0.15, 0.2) is 11.5 Å². The molecule has 0 radical (unpaired) electrons. The summed E-state index contributed by atoms with van der Waals surface area (Å²) >= 11 is 7.09. The van der Waals surface area contributed by atoms with Crippen LogP contribution in [-0.2, 0) is 6.54 Å². The maximum Gasteiger partial charge on any atom is 0.231 e. The van der Waals surface area contributed by atoms with E-state index in [0.717, 1.165) is 37.4 Å². The van der Waals surface area contributed by atoms with Crippen molar-refractivity contribution in [2.45, 2.75) is 6.54 Å². The Bertz CT molecular complexity index is 676. The van der Waals surface area contributed by atoms with E-state index in [2.05, 4.69) is 37.2 Å². The summed E-state index contributed by atoms with van der Waals surface area (Å²) in [6.45, 7) is 0.934. The van der Waals surface area contributed by atoms with Crippen LogP contribution in [0.3, 0.4) is 0 Å². The third-order valence-corrected chi connectivity index (χ3v) is 4.61. The number of fused-ring (bicyclic) bond motifs is 1. The monoisotopic (exact) mass is 413 g/mol. The molecule has 0 amide bonds. The van der Waals surface area contributed by atoms with E-state index < -0.39 is 0 Å². The summed E-state index contributed by atoms with van der Waals surface area (Å²) in [4.78, 5) is 0. The lowest BCUT2D eigenvalue weighted by Crippen LogP contribution is -2.01. The molecule has 3 rings (SSSR count). The minimum Gasteiger partial charge on any atom is -0.497 e. The highest BCUT2D eigenvalue weighted by Gasteiger charge is 2.16. The van der Waals surface area contributed by atoms with Crippen LogP contribution in [0, 0.1) is 0 Å². The number of hydrogen-bond acceptors (Lipinski definition) is 4. The van der Waals surface area contributed by atoms with Gasteiger partial charge in [0.1, 0.15) is 5.75 Å². The highest BCUT2D eigenvalue weighted by Crippen LogP contribution is 2.37. The average Bonchev–Trinajstić information content (AvgIpc) is 2.93. The molecule has 0 aliphatic carbocycles. The van der Waals surface area contributed by atoms with E-state index >= 15 is 0 Å². The first-order valence-corrected chi connectivity index (χ1v) is 7.91. The van der Waals surface area contributed by atoms with Gasteiger partial charge in [0.2, 0.25) is 6.79 Å². The number of rotatable bonds is 4. The lowest BCUT2D eigenvalue weighted by atomic mass is 10.2. The van der Waals surface area contributed by atoms with Crippen LogP contribution in [0.4, 0.5) is 5.69 Å². The number of halogens is 2. The summed E-state index contributed by atoms with van der Waals surface area (Å²) in [6, 6.07) is 9.72. The van der Waals surface area contributed by atoms with Gasteiger partial charge in [0.05, 0.1) is 12.8 Å². The van der Waals surface area contributed by atoms with E-state index in [0.29, 0.717) is 6.54 Å². The van der Waals surface area contributed by atoms with Gasteiger partial charge in [-0.2, -0.15) is 0 Å². The Kier molecular flexibility index (Phi) is 4.26. The average molecular weight is 415 g/mol. The molecule has 0 spiro atoms. The molecule has 21 heavy (non-hydrogen) atoms. The van der Waals surface area contributed by atoms with Crippen LogP contribution in [0.25, 0.3) is 0 Å². The molecular weight excluding hydrogens is 402 g/mol. The molecule has 0 bridgehead atoms. The molecule has 1 aliphatic heterocycles. The molecule has 2 aromatic rings. The fourth-order valence-electron chi connectivity index (χ4n) is 2.05. The predicted octanol–water partition coefficient (Wildman–Crippen LogP) is 4.56. The van der Waals surface area contributed by atoms with Gasteiger partial charge in [-0.3, -0.25) is 0 Å². The summed E-state index contributed by atoms with van der Waals surface area (Å²) in [6.07, 6.45) is 0. The van der Waals surface area contributed by atoms with Crippen LogP contribution >= 0.6 is 31.9 Å². The molecule has 1 N–H and O–H groups in total. The fraction of sp³-hybridized carbons (Fsp3) is 0.200. The van der Waals surface area contributed by atoms with Crippen LogP contribution in [0.15, 0.2) is 39.3 Å². The Morgan fingerprint density at radius 1 is 1.10 bits per heavy atom. The summed E-state index contributed by atoms with van der Waals surface area (Å²) < 4.78 is 18.0. The zero-order valence-corrected chi connectivity index (χ0v) is 14.5. The number of hydrogen-bond donors (Lipinski definition) is 1. The molecule has 0 fully saturated rings. The maximum absolute atomic E-state index is 5.41. The van der Waals surface area contributed by atoms with E-state index in [9.17, 15) is 0 Å². The fourth-order valence-corrected chi connectivity index (χ4v) is 2.90. The van der Waals surface area contributed by atoms with Gasteiger partial charge in [-0.25, -0.2) is 0 Å². The Morgan fingerprint density at radius 3 is 2.62 bits per heavy atom. The molecule has 6 heteroatoms. The maximum atomic E-state index is 5.41. The van der Waals surface area contributed by atoms with Crippen molar-refractivity contribution in [1.29, 1.82) is 0 Å². The van der Waals surface area contributed by atoms with Crippen molar-refractivity contribution in [2.24, 2.45) is 0 Å². The predicted molar refractivity (Wildman–Crippen MR) is 88.3 cm³/mol.